The molecule has 0 bridgehead atoms. The molecule has 21 heavy (non-hydrogen) atoms. The molecule has 6 heteroatoms. The van der Waals surface area contributed by atoms with Gasteiger partial charge >= 0.3 is 0 Å². The predicted octanol–water partition coefficient (Wildman–Crippen LogP) is 4.23. The molecule has 3 N–H and O–H groups in total. The number of nitrogens with two attached hydrogens (primary N) is 1. The first-order valence-electron chi connectivity index (χ1n) is 6.30. The van der Waals surface area contributed by atoms with Gasteiger partial charge in [0.1, 0.15) is 5.75 Å². The molecule has 2 aromatic carbocycles. The van der Waals surface area contributed by atoms with E-state index in [0.29, 0.717) is 39.3 Å². The Morgan fingerprint density at radius 2 is 2.00 bits per heavy atom. The van der Waals surface area contributed by atoms with Crippen molar-refractivity contribution in [3.8, 4) is 5.75 Å². The van der Waals surface area contributed by atoms with Gasteiger partial charge in [0.05, 0.1) is 17.2 Å². The summed E-state index contributed by atoms with van der Waals surface area (Å²) >= 11 is 11.9. The fraction of sp³-hybridized carbons (Fsp3) is 0.133. The van der Waals surface area contributed by atoms with Crippen LogP contribution in [0.1, 0.15) is 17.3 Å². The number of hydrogen-bond donors (Lipinski definition) is 2. The topological polar surface area (TPSA) is 64.3 Å². The Balaban J connectivity index is 2.19. The van der Waals surface area contributed by atoms with Gasteiger partial charge in [0.2, 0.25) is 0 Å². The summed E-state index contributed by atoms with van der Waals surface area (Å²) in [4.78, 5) is 12.2. The van der Waals surface area contributed by atoms with Crippen molar-refractivity contribution in [3.05, 3.63) is 52.0 Å². The average molecular weight is 325 g/mol. The minimum atomic E-state index is -0.352. The van der Waals surface area contributed by atoms with Crippen LogP contribution >= 0.6 is 23.2 Å². The number of rotatable bonds is 4. The van der Waals surface area contributed by atoms with Crippen LogP contribution in [0.3, 0.4) is 0 Å². The number of carbonyl (C=O) groups is 1. The summed E-state index contributed by atoms with van der Waals surface area (Å²) in [5.41, 5.74) is 6.99. The molecular formula is C15H14Cl2N2O2. The smallest absolute Gasteiger partial charge is 0.257 e. The predicted molar refractivity (Wildman–Crippen MR) is 86.4 cm³/mol. The van der Waals surface area contributed by atoms with Crippen LogP contribution in [0.15, 0.2) is 36.4 Å². The van der Waals surface area contributed by atoms with Crippen LogP contribution in [0.25, 0.3) is 0 Å². The summed E-state index contributed by atoms with van der Waals surface area (Å²) in [7, 11) is 0. The van der Waals surface area contributed by atoms with E-state index < -0.39 is 0 Å². The molecule has 110 valence electrons. The van der Waals surface area contributed by atoms with Crippen molar-refractivity contribution in [2.24, 2.45) is 0 Å². The van der Waals surface area contributed by atoms with Gasteiger partial charge in [0.15, 0.2) is 0 Å². The first kappa shape index (κ1) is 15.5. The van der Waals surface area contributed by atoms with E-state index in [1.54, 1.807) is 30.3 Å². The number of anilines is 2. The molecule has 0 saturated heterocycles. The van der Waals surface area contributed by atoms with Gasteiger partial charge in [-0.2, -0.15) is 0 Å². The third kappa shape index (κ3) is 3.80. The number of ether oxygens (including phenoxy) is 1. The van der Waals surface area contributed by atoms with Crippen LogP contribution in [0.2, 0.25) is 10.0 Å². The molecule has 2 rings (SSSR count). The molecule has 0 saturated carbocycles. The molecule has 4 nitrogen and oxygen atoms in total. The monoisotopic (exact) mass is 324 g/mol. The van der Waals surface area contributed by atoms with Gasteiger partial charge in [-0.15, -0.1) is 0 Å². The highest BCUT2D eigenvalue weighted by Crippen LogP contribution is 2.28. The van der Waals surface area contributed by atoms with E-state index in [1.165, 1.54) is 6.07 Å². The standard InChI is InChI=1S/C15H14Cl2N2O2/c1-2-21-14-6-4-10(8-12(14)17)19-15(20)11-7-9(16)3-5-13(11)18/h3-8H,2,18H2,1H3,(H,19,20). The Hall–Kier alpha value is -1.91. The summed E-state index contributed by atoms with van der Waals surface area (Å²) in [6.45, 7) is 2.39. The SMILES string of the molecule is CCOc1ccc(NC(=O)c2cc(Cl)ccc2N)cc1Cl. The van der Waals surface area contributed by atoms with Crippen LogP contribution in [0.4, 0.5) is 11.4 Å². The van der Waals surface area contributed by atoms with Gasteiger partial charge in [-0.3, -0.25) is 4.79 Å². The second-order valence-electron chi connectivity index (χ2n) is 4.26. The molecule has 0 radical (unpaired) electrons. The summed E-state index contributed by atoms with van der Waals surface area (Å²) in [6, 6.07) is 9.75. The van der Waals surface area contributed by atoms with Gasteiger partial charge in [-0.25, -0.2) is 0 Å². The first-order chi connectivity index (χ1) is 10.0. The highest BCUT2D eigenvalue weighted by atomic mass is 35.5. The van der Waals surface area contributed by atoms with Gasteiger partial charge in [0.25, 0.3) is 5.91 Å². The van der Waals surface area contributed by atoms with Gasteiger partial charge in [-0.05, 0) is 43.3 Å². The summed E-state index contributed by atoms with van der Waals surface area (Å²) < 4.78 is 5.33. The van der Waals surface area contributed by atoms with E-state index in [-0.39, 0.29) is 5.91 Å². The minimum absolute atomic E-state index is 0.313. The molecule has 0 aliphatic rings. The summed E-state index contributed by atoms with van der Waals surface area (Å²) in [6.07, 6.45) is 0. The number of nitrogen functional groups attached to an aromatic ring is 1. The molecule has 0 fully saturated rings. The second kappa shape index (κ2) is 6.70. The van der Waals surface area contributed by atoms with Crippen LogP contribution in [-0.2, 0) is 0 Å². The maximum atomic E-state index is 12.2. The second-order valence-corrected chi connectivity index (χ2v) is 5.11. The fourth-order valence-corrected chi connectivity index (χ4v) is 2.18. The molecule has 0 heterocycles. The normalized spacial score (nSPS) is 10.2. The molecule has 2 aromatic rings. The molecule has 0 aliphatic heterocycles. The fourth-order valence-electron chi connectivity index (χ4n) is 1.77. The van der Waals surface area contributed by atoms with Crippen molar-refractivity contribution in [1.82, 2.24) is 0 Å². The van der Waals surface area contributed by atoms with E-state index >= 15 is 0 Å². The number of carbonyl (C=O) groups excluding carboxylic acids is 1. The van der Waals surface area contributed by atoms with E-state index in [4.69, 9.17) is 33.7 Å². The van der Waals surface area contributed by atoms with Gasteiger partial charge < -0.3 is 15.8 Å². The van der Waals surface area contributed by atoms with Crippen LogP contribution < -0.4 is 15.8 Å². The average Bonchev–Trinajstić information content (AvgIpc) is 2.44. The van der Waals surface area contributed by atoms with Crippen molar-refractivity contribution >= 4 is 40.5 Å². The van der Waals surface area contributed by atoms with Gasteiger partial charge in [0, 0.05) is 16.4 Å². The molecule has 0 spiro atoms. The summed E-state index contributed by atoms with van der Waals surface area (Å²) in [5, 5.41) is 3.59. The number of halogens is 2. The maximum Gasteiger partial charge on any atom is 0.257 e. The Morgan fingerprint density at radius 1 is 1.24 bits per heavy atom. The lowest BCUT2D eigenvalue weighted by molar-refractivity contribution is 0.102. The van der Waals surface area contributed by atoms with Crippen LogP contribution in [0.5, 0.6) is 5.75 Å². The maximum absolute atomic E-state index is 12.2. The molecule has 0 unspecified atom stereocenters. The van der Waals surface area contributed by atoms with E-state index in [9.17, 15) is 4.79 Å². The number of amides is 1. The zero-order chi connectivity index (χ0) is 15.4. The van der Waals surface area contributed by atoms with Gasteiger partial charge in [-0.1, -0.05) is 23.2 Å². The summed E-state index contributed by atoms with van der Waals surface area (Å²) in [5.74, 6) is 0.217. The largest absolute Gasteiger partial charge is 0.492 e. The number of hydrogen-bond acceptors (Lipinski definition) is 3. The van der Waals surface area contributed by atoms with Crippen molar-refractivity contribution in [1.29, 1.82) is 0 Å². The highest BCUT2D eigenvalue weighted by molar-refractivity contribution is 6.32. The Morgan fingerprint density at radius 3 is 2.67 bits per heavy atom. The molecule has 0 atom stereocenters. The van der Waals surface area contributed by atoms with Crippen LogP contribution in [0, 0.1) is 0 Å². The third-order valence-electron chi connectivity index (χ3n) is 2.75. The van der Waals surface area contributed by atoms with Crippen molar-refractivity contribution in [2.75, 3.05) is 17.7 Å². The molecule has 0 aliphatic carbocycles. The lowest BCUT2D eigenvalue weighted by Crippen LogP contribution is -2.14. The lowest BCUT2D eigenvalue weighted by atomic mass is 10.1. The molecule has 0 aromatic heterocycles. The zero-order valence-corrected chi connectivity index (χ0v) is 12.8. The van der Waals surface area contributed by atoms with Crippen LogP contribution in [-0.4, -0.2) is 12.5 Å². The molecular weight excluding hydrogens is 311 g/mol. The van der Waals surface area contributed by atoms with Crippen molar-refractivity contribution in [3.63, 3.8) is 0 Å². The first-order valence-corrected chi connectivity index (χ1v) is 7.05. The Labute approximate surface area is 132 Å². The quantitative estimate of drug-likeness (QED) is 0.827. The minimum Gasteiger partial charge on any atom is -0.492 e. The van der Waals surface area contributed by atoms with Crippen molar-refractivity contribution < 1.29 is 9.53 Å². The molecule has 1 amide bonds. The highest BCUT2D eigenvalue weighted by Gasteiger charge is 2.11. The Bertz CT molecular complexity index is 675. The number of benzene rings is 2. The van der Waals surface area contributed by atoms with E-state index in [0.717, 1.165) is 0 Å². The Kier molecular flexibility index (Phi) is 4.94. The van der Waals surface area contributed by atoms with E-state index in [2.05, 4.69) is 5.32 Å². The van der Waals surface area contributed by atoms with E-state index in [1.807, 2.05) is 6.92 Å². The zero-order valence-electron chi connectivity index (χ0n) is 11.3. The lowest BCUT2D eigenvalue weighted by Gasteiger charge is -2.10. The van der Waals surface area contributed by atoms with Crippen molar-refractivity contribution in [2.45, 2.75) is 6.92 Å². The number of nitrogens with one attached hydrogen (secondary N) is 1. The third-order valence-corrected chi connectivity index (χ3v) is 3.28.